The lowest BCUT2D eigenvalue weighted by molar-refractivity contribution is -0.137. The van der Waals surface area contributed by atoms with Gasteiger partial charge in [-0.15, -0.1) is 11.3 Å². The van der Waals surface area contributed by atoms with Crippen LogP contribution in [0.4, 0.5) is 0 Å². The first-order chi connectivity index (χ1) is 7.58. The zero-order valence-corrected chi connectivity index (χ0v) is 10.1. The molecule has 0 bridgehead atoms. The van der Waals surface area contributed by atoms with Gasteiger partial charge in [0.1, 0.15) is 0 Å². The summed E-state index contributed by atoms with van der Waals surface area (Å²) in [5, 5.41) is 20.8. The van der Waals surface area contributed by atoms with Crippen molar-refractivity contribution in [1.82, 2.24) is 0 Å². The number of thiophene rings is 1. The molecule has 0 aromatic carbocycles. The van der Waals surface area contributed by atoms with Crippen molar-refractivity contribution in [2.75, 3.05) is 0 Å². The van der Waals surface area contributed by atoms with Crippen molar-refractivity contribution in [3.05, 3.63) is 21.4 Å². The summed E-state index contributed by atoms with van der Waals surface area (Å²) in [7, 11) is 0. The van der Waals surface area contributed by atoms with Gasteiger partial charge in [-0.25, -0.2) is 0 Å². The molecule has 1 heterocycles. The minimum atomic E-state index is -0.748. The summed E-state index contributed by atoms with van der Waals surface area (Å²) in [5.74, 6) is -0.431. The Hall–Kier alpha value is -0.870. The van der Waals surface area contributed by atoms with Gasteiger partial charge in [0.05, 0.1) is 6.10 Å². The number of carbonyl (C=O) groups is 1. The summed E-state index contributed by atoms with van der Waals surface area (Å²) in [5.41, 5.74) is 2.26. The molecule has 2 unspecified atom stereocenters. The Labute approximate surface area is 98.7 Å². The van der Waals surface area contributed by atoms with Crippen LogP contribution in [0.15, 0.2) is 5.38 Å². The van der Waals surface area contributed by atoms with E-state index in [2.05, 4.69) is 5.38 Å². The van der Waals surface area contributed by atoms with E-state index < -0.39 is 12.1 Å². The molecular formula is C12H16O3S. The minimum absolute atomic E-state index is 0.205. The van der Waals surface area contributed by atoms with Crippen LogP contribution in [0.1, 0.15) is 41.4 Å². The second kappa shape index (κ2) is 4.55. The number of aliphatic carboxylic acids is 1. The summed E-state index contributed by atoms with van der Waals surface area (Å²) < 4.78 is 0. The first-order valence-corrected chi connectivity index (χ1v) is 6.42. The molecule has 1 aromatic rings. The predicted octanol–water partition coefficient (Wildman–Crippen LogP) is 2.52. The Morgan fingerprint density at radius 2 is 2.38 bits per heavy atom. The highest BCUT2D eigenvalue weighted by Gasteiger charge is 2.28. The van der Waals surface area contributed by atoms with E-state index in [0.29, 0.717) is 18.8 Å². The standard InChI is InChI=1S/C12H16O3S/c1-7-6-16-10-5-8(2-3-11(14)15)4-9(13)12(7)10/h6,8-9,13H,2-5H2,1H3,(H,14,15). The summed E-state index contributed by atoms with van der Waals surface area (Å²) in [6.07, 6.45) is 2.12. The van der Waals surface area contributed by atoms with Gasteiger partial charge in [-0.2, -0.15) is 0 Å². The maximum Gasteiger partial charge on any atom is 0.303 e. The fourth-order valence-corrected chi connectivity index (χ4v) is 3.64. The molecule has 2 rings (SSSR count). The molecular weight excluding hydrogens is 224 g/mol. The van der Waals surface area contributed by atoms with Gasteiger partial charge in [0, 0.05) is 11.3 Å². The third-order valence-electron chi connectivity index (χ3n) is 3.23. The highest BCUT2D eigenvalue weighted by Crippen LogP contribution is 2.40. The van der Waals surface area contributed by atoms with Crippen LogP contribution in [0.2, 0.25) is 0 Å². The van der Waals surface area contributed by atoms with Crippen molar-refractivity contribution in [3.8, 4) is 0 Å². The van der Waals surface area contributed by atoms with Crippen molar-refractivity contribution >= 4 is 17.3 Å². The number of aliphatic hydroxyl groups excluding tert-OH is 1. The lowest BCUT2D eigenvalue weighted by Gasteiger charge is -2.26. The van der Waals surface area contributed by atoms with Crippen LogP contribution in [0, 0.1) is 12.8 Å². The molecule has 16 heavy (non-hydrogen) atoms. The molecule has 2 N–H and O–H groups in total. The van der Waals surface area contributed by atoms with Crippen LogP contribution < -0.4 is 0 Å². The molecule has 4 heteroatoms. The highest BCUT2D eigenvalue weighted by atomic mass is 32.1. The van der Waals surface area contributed by atoms with E-state index >= 15 is 0 Å². The van der Waals surface area contributed by atoms with Crippen molar-refractivity contribution in [2.24, 2.45) is 5.92 Å². The Kier molecular flexibility index (Phi) is 3.30. The SMILES string of the molecule is Cc1csc2c1C(O)CC(CCC(=O)O)C2. The van der Waals surface area contributed by atoms with Gasteiger partial charge in [-0.05, 0) is 48.6 Å². The molecule has 0 amide bonds. The van der Waals surface area contributed by atoms with Crippen molar-refractivity contribution in [3.63, 3.8) is 0 Å². The number of carboxylic acid groups (broad SMARTS) is 1. The lowest BCUT2D eigenvalue weighted by atomic mass is 9.83. The molecule has 88 valence electrons. The predicted molar refractivity (Wildman–Crippen MR) is 62.7 cm³/mol. The van der Waals surface area contributed by atoms with Crippen LogP contribution in [-0.4, -0.2) is 16.2 Å². The molecule has 1 aromatic heterocycles. The number of fused-ring (bicyclic) bond motifs is 1. The second-order valence-electron chi connectivity index (χ2n) is 4.51. The molecule has 1 aliphatic rings. The Morgan fingerprint density at radius 1 is 1.62 bits per heavy atom. The number of aryl methyl sites for hydroxylation is 1. The summed E-state index contributed by atoms with van der Waals surface area (Å²) in [6, 6.07) is 0. The maximum absolute atomic E-state index is 10.5. The van der Waals surface area contributed by atoms with E-state index in [1.165, 1.54) is 10.4 Å². The first-order valence-electron chi connectivity index (χ1n) is 5.54. The molecule has 0 fully saturated rings. The Bertz CT molecular complexity index is 397. The molecule has 2 atom stereocenters. The van der Waals surface area contributed by atoms with Crippen molar-refractivity contribution in [1.29, 1.82) is 0 Å². The van der Waals surface area contributed by atoms with E-state index in [4.69, 9.17) is 5.11 Å². The molecule has 3 nitrogen and oxygen atoms in total. The summed E-state index contributed by atoms with van der Waals surface area (Å²) in [4.78, 5) is 11.8. The number of hydrogen-bond acceptors (Lipinski definition) is 3. The van der Waals surface area contributed by atoms with Crippen LogP contribution in [-0.2, 0) is 11.2 Å². The molecule has 0 spiro atoms. The van der Waals surface area contributed by atoms with E-state index in [1.807, 2.05) is 6.92 Å². The average molecular weight is 240 g/mol. The van der Waals surface area contributed by atoms with E-state index in [1.54, 1.807) is 11.3 Å². The fourth-order valence-electron chi connectivity index (χ4n) is 2.44. The number of rotatable bonds is 3. The smallest absolute Gasteiger partial charge is 0.303 e. The lowest BCUT2D eigenvalue weighted by Crippen LogP contribution is -2.18. The van der Waals surface area contributed by atoms with Gasteiger partial charge in [-0.1, -0.05) is 0 Å². The fraction of sp³-hybridized carbons (Fsp3) is 0.583. The molecule has 0 aliphatic heterocycles. The maximum atomic E-state index is 10.5. The minimum Gasteiger partial charge on any atom is -0.481 e. The molecule has 1 aliphatic carbocycles. The average Bonchev–Trinajstić information content (AvgIpc) is 2.58. The monoisotopic (exact) mass is 240 g/mol. The van der Waals surface area contributed by atoms with E-state index in [9.17, 15) is 9.90 Å². The quantitative estimate of drug-likeness (QED) is 0.853. The number of hydrogen-bond donors (Lipinski definition) is 2. The zero-order chi connectivity index (χ0) is 11.7. The second-order valence-corrected chi connectivity index (χ2v) is 5.47. The summed E-state index contributed by atoms with van der Waals surface area (Å²) >= 11 is 1.69. The van der Waals surface area contributed by atoms with Gasteiger partial charge in [0.25, 0.3) is 0 Å². The number of aliphatic hydroxyl groups is 1. The third-order valence-corrected chi connectivity index (χ3v) is 4.38. The third kappa shape index (κ3) is 2.28. The van der Waals surface area contributed by atoms with Gasteiger partial charge >= 0.3 is 5.97 Å². The van der Waals surface area contributed by atoms with Crippen molar-refractivity contribution < 1.29 is 15.0 Å². The van der Waals surface area contributed by atoms with Crippen LogP contribution in [0.3, 0.4) is 0 Å². The van der Waals surface area contributed by atoms with E-state index in [0.717, 1.165) is 12.0 Å². The highest BCUT2D eigenvalue weighted by molar-refractivity contribution is 7.10. The van der Waals surface area contributed by atoms with E-state index in [-0.39, 0.29) is 6.42 Å². The van der Waals surface area contributed by atoms with Crippen LogP contribution >= 0.6 is 11.3 Å². The van der Waals surface area contributed by atoms with Gasteiger partial charge in [-0.3, -0.25) is 4.79 Å². The van der Waals surface area contributed by atoms with Crippen LogP contribution in [0.25, 0.3) is 0 Å². The zero-order valence-electron chi connectivity index (χ0n) is 9.27. The normalized spacial score (nSPS) is 24.1. The van der Waals surface area contributed by atoms with Crippen molar-refractivity contribution in [2.45, 2.75) is 38.7 Å². The van der Waals surface area contributed by atoms with Crippen LogP contribution in [0.5, 0.6) is 0 Å². The Morgan fingerprint density at radius 3 is 3.06 bits per heavy atom. The van der Waals surface area contributed by atoms with Gasteiger partial charge in [0.15, 0.2) is 0 Å². The topological polar surface area (TPSA) is 57.5 Å². The molecule has 0 saturated carbocycles. The van der Waals surface area contributed by atoms with Gasteiger partial charge < -0.3 is 10.2 Å². The molecule has 0 saturated heterocycles. The molecule has 0 radical (unpaired) electrons. The largest absolute Gasteiger partial charge is 0.481 e. The summed E-state index contributed by atoms with van der Waals surface area (Å²) in [6.45, 7) is 2.02. The first kappa shape index (κ1) is 11.6. The Balaban J connectivity index is 2.06. The van der Waals surface area contributed by atoms with Gasteiger partial charge in [0.2, 0.25) is 0 Å². The number of carboxylic acids is 1.